The Balaban J connectivity index is 2.49. The van der Waals surface area contributed by atoms with Crippen LogP contribution in [0.15, 0.2) is 17.4 Å². The highest BCUT2D eigenvalue weighted by molar-refractivity contribution is 7.15. The van der Waals surface area contributed by atoms with Crippen molar-refractivity contribution in [3.63, 3.8) is 0 Å². The van der Waals surface area contributed by atoms with Gasteiger partial charge in [-0.3, -0.25) is 10.1 Å². The molecule has 7 nitrogen and oxygen atoms in total. The molecule has 0 aromatic carbocycles. The van der Waals surface area contributed by atoms with Gasteiger partial charge in [0.1, 0.15) is 11.2 Å². The van der Waals surface area contributed by atoms with Crippen LogP contribution in [0.3, 0.4) is 0 Å². The second kappa shape index (κ2) is 5.74. The third kappa shape index (κ3) is 3.75. The molecule has 0 atom stereocenters. The van der Waals surface area contributed by atoms with Crippen LogP contribution in [0.4, 0.5) is 5.00 Å². The summed E-state index contributed by atoms with van der Waals surface area (Å²) in [6.45, 7) is 0.375. The molecule has 8 heteroatoms. The molecule has 1 rings (SSSR count). The van der Waals surface area contributed by atoms with Crippen LogP contribution in [0, 0.1) is 10.1 Å². The zero-order chi connectivity index (χ0) is 11.1. The second-order valence-corrected chi connectivity index (χ2v) is 3.48. The number of aromatic nitrogens is 1. The molecule has 0 fully saturated rings. The monoisotopic (exact) mass is 225 g/mol. The van der Waals surface area contributed by atoms with Crippen molar-refractivity contribution >= 4 is 22.4 Å². The van der Waals surface area contributed by atoms with E-state index in [1.54, 1.807) is 12.2 Å². The Kier molecular flexibility index (Phi) is 4.27. The van der Waals surface area contributed by atoms with Crippen molar-refractivity contribution in [2.45, 2.75) is 6.42 Å². The van der Waals surface area contributed by atoms with Crippen molar-refractivity contribution in [3.05, 3.63) is 37.8 Å². The van der Waals surface area contributed by atoms with E-state index in [4.69, 9.17) is 5.53 Å². The van der Waals surface area contributed by atoms with E-state index in [1.165, 1.54) is 6.20 Å². The Morgan fingerprint density at radius 1 is 1.80 bits per heavy atom. The quantitative estimate of drug-likeness (QED) is 0.192. The van der Waals surface area contributed by atoms with Gasteiger partial charge in [0.15, 0.2) is 0 Å². The molecule has 1 heterocycles. The Hall–Kier alpha value is -1.92. The maximum atomic E-state index is 10.3. The standard InChI is InChI=1S/C7H7N5O2S/c8-11-10-4-2-1-3-6-9-5-7(15-6)12(13)14/h1,3,5H,2,4H2. The molecule has 0 bridgehead atoms. The number of azide groups is 1. The SMILES string of the molecule is [N-]=[N+]=NCCC=Cc1ncc([N+](=O)[O-])s1. The van der Waals surface area contributed by atoms with E-state index < -0.39 is 4.92 Å². The molecule has 0 unspecified atom stereocenters. The minimum atomic E-state index is -0.477. The molecular formula is C7H7N5O2S. The van der Waals surface area contributed by atoms with E-state index in [0.29, 0.717) is 18.0 Å². The second-order valence-electron chi connectivity index (χ2n) is 2.44. The van der Waals surface area contributed by atoms with Gasteiger partial charge >= 0.3 is 5.00 Å². The fraction of sp³-hybridized carbons (Fsp3) is 0.286. The molecule has 0 spiro atoms. The van der Waals surface area contributed by atoms with E-state index in [9.17, 15) is 10.1 Å². The molecule has 0 saturated heterocycles. The van der Waals surface area contributed by atoms with Crippen LogP contribution in [-0.4, -0.2) is 16.5 Å². The van der Waals surface area contributed by atoms with Gasteiger partial charge in [0.05, 0.1) is 4.92 Å². The number of hydrogen-bond acceptors (Lipinski definition) is 5. The maximum absolute atomic E-state index is 10.3. The first-order valence-electron chi connectivity index (χ1n) is 4.01. The summed E-state index contributed by atoms with van der Waals surface area (Å²) < 4.78 is 0. The highest BCUT2D eigenvalue weighted by Crippen LogP contribution is 2.21. The Labute approximate surface area is 88.8 Å². The van der Waals surface area contributed by atoms with Gasteiger partial charge in [0, 0.05) is 11.5 Å². The van der Waals surface area contributed by atoms with Gasteiger partial charge in [-0.1, -0.05) is 11.2 Å². The fourth-order valence-corrected chi connectivity index (χ4v) is 1.47. The molecule has 0 aliphatic heterocycles. The van der Waals surface area contributed by atoms with Gasteiger partial charge in [-0.15, -0.1) is 0 Å². The summed E-state index contributed by atoms with van der Waals surface area (Å²) in [4.78, 5) is 16.3. The molecule has 0 N–H and O–H groups in total. The summed E-state index contributed by atoms with van der Waals surface area (Å²) in [5.74, 6) is 0. The summed E-state index contributed by atoms with van der Waals surface area (Å²) in [6, 6.07) is 0. The summed E-state index contributed by atoms with van der Waals surface area (Å²) >= 11 is 1.00. The largest absolute Gasteiger partial charge is 0.344 e. The molecule has 0 radical (unpaired) electrons. The first-order valence-corrected chi connectivity index (χ1v) is 4.83. The lowest BCUT2D eigenvalue weighted by atomic mass is 10.4. The first kappa shape index (κ1) is 11.2. The van der Waals surface area contributed by atoms with Crippen LogP contribution in [0.25, 0.3) is 16.5 Å². The van der Waals surface area contributed by atoms with Crippen molar-refractivity contribution in [2.24, 2.45) is 5.11 Å². The lowest BCUT2D eigenvalue weighted by Crippen LogP contribution is -1.80. The third-order valence-electron chi connectivity index (χ3n) is 1.41. The first-order chi connectivity index (χ1) is 7.24. The van der Waals surface area contributed by atoms with Gasteiger partial charge in [-0.05, 0) is 29.4 Å². The molecule has 0 saturated carbocycles. The predicted octanol–water partition coefficient (Wildman–Crippen LogP) is 2.76. The van der Waals surface area contributed by atoms with Gasteiger partial charge in [-0.25, -0.2) is 4.98 Å². The molecule has 1 aromatic heterocycles. The van der Waals surface area contributed by atoms with Crippen LogP contribution in [-0.2, 0) is 0 Å². The number of hydrogen-bond donors (Lipinski definition) is 0. The van der Waals surface area contributed by atoms with Crippen LogP contribution in [0.5, 0.6) is 0 Å². The van der Waals surface area contributed by atoms with Crippen LogP contribution < -0.4 is 0 Å². The van der Waals surface area contributed by atoms with Crippen LogP contribution in [0.1, 0.15) is 11.4 Å². The summed E-state index contributed by atoms with van der Waals surface area (Å²) in [7, 11) is 0. The van der Waals surface area contributed by atoms with Gasteiger partial charge in [0.2, 0.25) is 0 Å². The molecule has 0 aliphatic rings. The fourth-order valence-electron chi connectivity index (χ4n) is 0.801. The molecule has 78 valence electrons. The van der Waals surface area contributed by atoms with Crippen molar-refractivity contribution in [1.82, 2.24) is 4.98 Å². The lowest BCUT2D eigenvalue weighted by molar-refractivity contribution is -0.380. The van der Waals surface area contributed by atoms with E-state index in [-0.39, 0.29) is 5.00 Å². The molecule has 0 amide bonds. The number of nitro groups is 1. The highest BCUT2D eigenvalue weighted by atomic mass is 32.1. The van der Waals surface area contributed by atoms with Crippen molar-refractivity contribution in [1.29, 1.82) is 0 Å². The highest BCUT2D eigenvalue weighted by Gasteiger charge is 2.08. The smallest absolute Gasteiger partial charge is 0.257 e. The molecule has 0 aliphatic carbocycles. The Bertz CT molecular complexity index is 421. The molecule has 1 aromatic rings. The average Bonchev–Trinajstić information content (AvgIpc) is 2.66. The van der Waals surface area contributed by atoms with E-state index in [2.05, 4.69) is 15.0 Å². The van der Waals surface area contributed by atoms with Crippen molar-refractivity contribution < 1.29 is 4.92 Å². The Morgan fingerprint density at radius 3 is 3.20 bits per heavy atom. The number of thiazole rings is 1. The zero-order valence-electron chi connectivity index (χ0n) is 7.61. The van der Waals surface area contributed by atoms with Gasteiger partial charge in [-0.2, -0.15) is 0 Å². The van der Waals surface area contributed by atoms with E-state index in [1.807, 2.05) is 0 Å². The van der Waals surface area contributed by atoms with Gasteiger partial charge in [0.25, 0.3) is 0 Å². The van der Waals surface area contributed by atoms with E-state index in [0.717, 1.165) is 11.3 Å². The zero-order valence-corrected chi connectivity index (χ0v) is 8.42. The Morgan fingerprint density at radius 2 is 2.60 bits per heavy atom. The normalized spacial score (nSPS) is 10.1. The number of rotatable bonds is 5. The number of nitrogens with zero attached hydrogens (tertiary/aromatic N) is 5. The van der Waals surface area contributed by atoms with Crippen LogP contribution in [0.2, 0.25) is 0 Å². The van der Waals surface area contributed by atoms with Crippen molar-refractivity contribution in [2.75, 3.05) is 6.54 Å². The minimum absolute atomic E-state index is 0.0182. The lowest BCUT2D eigenvalue weighted by Gasteiger charge is -1.82. The molecule has 15 heavy (non-hydrogen) atoms. The topological polar surface area (TPSA) is 105 Å². The minimum Gasteiger partial charge on any atom is -0.257 e. The predicted molar refractivity (Wildman–Crippen MR) is 56.4 cm³/mol. The maximum Gasteiger partial charge on any atom is 0.344 e. The van der Waals surface area contributed by atoms with Gasteiger partial charge < -0.3 is 0 Å². The van der Waals surface area contributed by atoms with Crippen LogP contribution >= 0.6 is 11.3 Å². The third-order valence-corrected chi connectivity index (χ3v) is 2.33. The summed E-state index contributed by atoms with van der Waals surface area (Å²) in [5.41, 5.74) is 8.00. The average molecular weight is 225 g/mol. The van der Waals surface area contributed by atoms with Crippen molar-refractivity contribution in [3.8, 4) is 0 Å². The summed E-state index contributed by atoms with van der Waals surface area (Å²) in [5, 5.41) is 14.3. The van der Waals surface area contributed by atoms with E-state index >= 15 is 0 Å². The molecular weight excluding hydrogens is 218 g/mol. The summed E-state index contributed by atoms with van der Waals surface area (Å²) in [6.07, 6.45) is 5.25.